The predicted octanol–water partition coefficient (Wildman–Crippen LogP) is 0.377. The highest BCUT2D eigenvalue weighted by Gasteiger charge is 2.73. The summed E-state index contributed by atoms with van der Waals surface area (Å²) in [6, 6.07) is 0. The molecule has 12 heteroatoms. The van der Waals surface area contributed by atoms with Crippen LogP contribution in [0.15, 0.2) is 11.6 Å². The average Bonchev–Trinajstić information content (AvgIpc) is 3.02. The zero-order valence-electron chi connectivity index (χ0n) is 29.1. The molecule has 17 atom stereocenters. The second kappa shape index (κ2) is 11.7. The van der Waals surface area contributed by atoms with Crippen LogP contribution < -0.4 is 0 Å². The van der Waals surface area contributed by atoms with E-state index in [1.807, 2.05) is 13.8 Å². The van der Waals surface area contributed by atoms with Gasteiger partial charge in [-0.1, -0.05) is 53.2 Å². The van der Waals surface area contributed by atoms with Gasteiger partial charge in [0, 0.05) is 17.3 Å². The number of esters is 1. The lowest BCUT2D eigenvalue weighted by Crippen LogP contribution is -2.72. The molecule has 1 heterocycles. The molecule has 0 bridgehead atoms. The Morgan fingerprint density at radius 2 is 1.48 bits per heavy atom. The Morgan fingerprint density at radius 3 is 2.10 bits per heavy atom. The van der Waals surface area contributed by atoms with Crippen LogP contribution in [-0.2, 0) is 14.3 Å². The zero-order chi connectivity index (χ0) is 35.6. The number of carbonyl (C=O) groups is 1. The van der Waals surface area contributed by atoms with Crippen molar-refractivity contribution in [3.8, 4) is 0 Å². The molecule has 9 N–H and O–H groups in total. The van der Waals surface area contributed by atoms with Gasteiger partial charge in [-0.2, -0.15) is 0 Å². The van der Waals surface area contributed by atoms with Gasteiger partial charge < -0.3 is 55.4 Å². The molecule has 0 amide bonds. The second-order valence-corrected chi connectivity index (χ2v) is 18.0. The van der Waals surface area contributed by atoms with Crippen molar-refractivity contribution in [1.82, 2.24) is 0 Å². The number of allylic oxidation sites excluding steroid dienone is 1. The van der Waals surface area contributed by atoms with Crippen LogP contribution in [0, 0.1) is 50.2 Å². The van der Waals surface area contributed by atoms with Gasteiger partial charge in [0.2, 0.25) is 6.29 Å². The Kier molecular flexibility index (Phi) is 8.89. The van der Waals surface area contributed by atoms with Crippen LogP contribution in [0.3, 0.4) is 0 Å². The maximum atomic E-state index is 14.4. The topological polar surface area (TPSA) is 218 Å². The lowest BCUT2D eigenvalue weighted by atomic mass is 9.32. The second-order valence-electron chi connectivity index (χ2n) is 18.0. The van der Waals surface area contributed by atoms with Crippen LogP contribution in [0.5, 0.6) is 0 Å². The Bertz CT molecular complexity index is 1300. The van der Waals surface area contributed by atoms with Gasteiger partial charge in [-0.25, -0.2) is 0 Å². The van der Waals surface area contributed by atoms with Crippen molar-refractivity contribution in [1.29, 1.82) is 0 Å². The van der Waals surface area contributed by atoms with E-state index in [4.69, 9.17) is 9.47 Å². The van der Waals surface area contributed by atoms with Crippen LogP contribution in [0.25, 0.3) is 0 Å². The van der Waals surface area contributed by atoms with Crippen molar-refractivity contribution in [3.63, 3.8) is 0 Å². The molecule has 1 saturated heterocycles. The van der Waals surface area contributed by atoms with Gasteiger partial charge in [0.05, 0.1) is 43.0 Å². The number of aliphatic hydroxyl groups is 9. The fraction of sp³-hybridized carbons (Fsp3) is 0.917. The number of carbonyl (C=O) groups excluding carboxylic acids is 1. The van der Waals surface area contributed by atoms with Crippen LogP contribution in [0.4, 0.5) is 0 Å². The molecule has 0 aromatic rings. The number of ether oxygens (including phenoxy) is 2. The largest absolute Gasteiger partial charge is 0.432 e. The molecule has 4 saturated carbocycles. The molecular weight excluding hydrogens is 624 g/mol. The monoisotopic (exact) mass is 682 g/mol. The predicted molar refractivity (Wildman–Crippen MR) is 170 cm³/mol. The molecule has 0 unspecified atom stereocenters. The smallest absolute Gasteiger partial charge is 0.315 e. The molecule has 274 valence electrons. The lowest BCUT2D eigenvalue weighted by molar-refractivity contribution is -0.299. The first-order valence-corrected chi connectivity index (χ1v) is 17.8. The summed E-state index contributed by atoms with van der Waals surface area (Å²) < 4.78 is 11.4. The summed E-state index contributed by atoms with van der Waals surface area (Å²) in [5.74, 6) is -1.87. The van der Waals surface area contributed by atoms with Crippen molar-refractivity contribution < 1.29 is 60.2 Å². The van der Waals surface area contributed by atoms with E-state index >= 15 is 0 Å². The highest BCUT2D eigenvalue weighted by molar-refractivity contribution is 5.79. The SMILES string of the molecule is CC1(C)CC[C@]2(C(=O)O[C@@H]3O[C@H](CO)[C@@H](O)[C@H](O)[C@H]3O)CC[C@]3(C)C(=CC[C@@H]4[C@@]5(C)C[C@@H](O)[C@H](O)[C@@](C)(CO)[C@@H]5[C@H](O)C[C@]43C)[C@@H]2[C@@H]1O. The van der Waals surface area contributed by atoms with Gasteiger partial charge in [-0.3, -0.25) is 4.79 Å². The fourth-order valence-corrected chi connectivity index (χ4v) is 12.3. The number of fused-ring (bicyclic) bond motifs is 7. The summed E-state index contributed by atoms with van der Waals surface area (Å²) in [5.41, 5.74) is -3.71. The summed E-state index contributed by atoms with van der Waals surface area (Å²) >= 11 is 0. The first-order chi connectivity index (χ1) is 22.2. The van der Waals surface area contributed by atoms with Crippen molar-refractivity contribution in [2.24, 2.45) is 50.2 Å². The van der Waals surface area contributed by atoms with Gasteiger partial charge in [0.1, 0.15) is 24.4 Å². The van der Waals surface area contributed by atoms with E-state index < -0.39 is 112 Å². The van der Waals surface area contributed by atoms with E-state index in [-0.39, 0.29) is 18.9 Å². The summed E-state index contributed by atoms with van der Waals surface area (Å²) in [5, 5.41) is 98.0. The summed E-state index contributed by atoms with van der Waals surface area (Å²) in [4.78, 5) is 14.4. The summed E-state index contributed by atoms with van der Waals surface area (Å²) in [6.45, 7) is 11.0. The summed E-state index contributed by atoms with van der Waals surface area (Å²) in [7, 11) is 0. The third-order valence-electron chi connectivity index (χ3n) is 15.3. The first-order valence-electron chi connectivity index (χ1n) is 17.8. The van der Waals surface area contributed by atoms with E-state index in [2.05, 4.69) is 26.8 Å². The number of aliphatic hydroxyl groups excluding tert-OH is 9. The fourth-order valence-electron chi connectivity index (χ4n) is 12.3. The third kappa shape index (κ3) is 4.66. The zero-order valence-corrected chi connectivity index (χ0v) is 29.1. The maximum Gasteiger partial charge on any atom is 0.315 e. The minimum absolute atomic E-state index is 0.0533. The molecule has 5 fully saturated rings. The quantitative estimate of drug-likeness (QED) is 0.145. The van der Waals surface area contributed by atoms with Crippen molar-refractivity contribution in [3.05, 3.63) is 11.6 Å². The molecule has 1 aliphatic heterocycles. The standard InChI is InChI=1S/C36H58O12/c1-31(2)9-11-36(30(46)48-29-25(43)24(42)23(41)20(15-37)47-29)12-10-34(5)17(22(36)28(31)45)7-8-21-32(3)13-19(40)27(44)33(4,16-38)26(32)18(39)14-35(21,34)6/h7,18-29,37-45H,8-16H2,1-6H3/t18-,19-,20-,21-,22-,23-,24+,25-,26-,27+,28+,29+,32-,33+,34-,35-,36+/m1/s1. The van der Waals surface area contributed by atoms with E-state index in [1.165, 1.54) is 0 Å². The maximum absolute atomic E-state index is 14.4. The van der Waals surface area contributed by atoms with Crippen LogP contribution in [0.1, 0.15) is 86.5 Å². The van der Waals surface area contributed by atoms with Crippen molar-refractivity contribution >= 4 is 5.97 Å². The lowest BCUT2D eigenvalue weighted by Gasteiger charge is -2.72. The molecule has 6 rings (SSSR count). The number of hydrogen-bond donors (Lipinski definition) is 9. The van der Waals surface area contributed by atoms with Crippen molar-refractivity contribution in [2.45, 2.75) is 142 Å². The van der Waals surface area contributed by atoms with Gasteiger partial charge in [0.25, 0.3) is 0 Å². The molecule has 0 spiro atoms. The minimum atomic E-state index is -1.75. The van der Waals surface area contributed by atoms with Gasteiger partial charge in [-0.05, 0) is 72.5 Å². The average molecular weight is 683 g/mol. The summed E-state index contributed by atoms with van der Waals surface area (Å²) in [6.07, 6.45) is -6.92. The van der Waals surface area contributed by atoms with Crippen LogP contribution in [-0.4, -0.2) is 120 Å². The molecule has 0 aromatic heterocycles. The molecule has 12 nitrogen and oxygen atoms in total. The van der Waals surface area contributed by atoms with E-state index in [9.17, 15) is 50.8 Å². The Hall–Kier alpha value is -1.19. The molecule has 0 radical (unpaired) electrons. The van der Waals surface area contributed by atoms with Gasteiger partial charge in [-0.15, -0.1) is 0 Å². The molecule has 48 heavy (non-hydrogen) atoms. The third-order valence-corrected chi connectivity index (χ3v) is 15.3. The normalized spacial score (nSPS) is 56.1. The van der Waals surface area contributed by atoms with Crippen LogP contribution >= 0.6 is 0 Å². The van der Waals surface area contributed by atoms with Crippen molar-refractivity contribution in [2.75, 3.05) is 13.2 Å². The van der Waals surface area contributed by atoms with E-state index in [0.717, 1.165) is 5.57 Å². The highest BCUT2D eigenvalue weighted by atomic mass is 16.7. The molecule has 6 aliphatic rings. The van der Waals surface area contributed by atoms with Gasteiger partial charge in [0.15, 0.2) is 0 Å². The Morgan fingerprint density at radius 1 is 0.833 bits per heavy atom. The van der Waals surface area contributed by atoms with Crippen LogP contribution in [0.2, 0.25) is 0 Å². The molecule has 5 aliphatic carbocycles. The number of rotatable bonds is 4. The highest BCUT2D eigenvalue weighted by Crippen LogP contribution is 2.75. The first kappa shape index (κ1) is 36.6. The van der Waals surface area contributed by atoms with E-state index in [1.54, 1.807) is 6.92 Å². The van der Waals surface area contributed by atoms with Gasteiger partial charge >= 0.3 is 5.97 Å². The minimum Gasteiger partial charge on any atom is -0.432 e. The Labute approximate surface area is 282 Å². The van der Waals surface area contributed by atoms with E-state index in [0.29, 0.717) is 38.5 Å². The molecule has 0 aromatic carbocycles. The molecular formula is C36H58O12. The number of hydrogen-bond acceptors (Lipinski definition) is 12. The Balaban J connectivity index is 1.41.